The van der Waals surface area contributed by atoms with Crippen LogP contribution in [0.1, 0.15) is 27.0 Å². The molecule has 0 saturated heterocycles. The molecule has 0 aliphatic rings. The zero-order chi connectivity index (χ0) is 17.2. The topological polar surface area (TPSA) is 26.3 Å². The van der Waals surface area contributed by atoms with Gasteiger partial charge in [0.05, 0.1) is 5.56 Å². The zero-order valence-electron chi connectivity index (χ0n) is 11.9. The molecule has 0 unspecified atom stereocenters. The fourth-order valence-corrected chi connectivity index (χ4v) is 2.88. The van der Waals surface area contributed by atoms with Crippen molar-refractivity contribution in [1.82, 2.24) is 0 Å². The Morgan fingerprint density at radius 3 is 2.52 bits per heavy atom. The van der Waals surface area contributed by atoms with Crippen LogP contribution in [0.25, 0.3) is 0 Å². The second-order valence-electron chi connectivity index (χ2n) is 4.83. The summed E-state index contributed by atoms with van der Waals surface area (Å²) in [6.45, 7) is 1.41. The van der Waals surface area contributed by atoms with Gasteiger partial charge in [0.15, 0.2) is 0 Å². The van der Waals surface area contributed by atoms with Crippen LogP contribution >= 0.6 is 31.9 Å². The first kappa shape index (κ1) is 18.0. The standard InChI is InChI=1S/C16H11Br2F3O2/c1-9-5-6-14(12(7-9)16(19,20)21)23-8-11-10(15(18)22)3-2-4-13(11)17/h2-7H,8H2,1H3. The third-order valence-corrected chi connectivity index (χ3v) is 4.31. The van der Waals surface area contributed by atoms with Crippen LogP contribution in [-0.4, -0.2) is 4.69 Å². The molecular formula is C16H11Br2F3O2. The minimum Gasteiger partial charge on any atom is -0.488 e. The predicted octanol–water partition coefficient (Wildman–Crippen LogP) is 5.89. The van der Waals surface area contributed by atoms with Gasteiger partial charge in [-0.3, -0.25) is 4.79 Å². The summed E-state index contributed by atoms with van der Waals surface area (Å²) in [4.78, 5) is 11.6. The van der Waals surface area contributed by atoms with Gasteiger partial charge < -0.3 is 4.74 Å². The Morgan fingerprint density at radius 1 is 1.22 bits per heavy atom. The van der Waals surface area contributed by atoms with Gasteiger partial charge in [0.1, 0.15) is 12.4 Å². The van der Waals surface area contributed by atoms with E-state index in [0.29, 0.717) is 21.2 Å². The van der Waals surface area contributed by atoms with Crippen molar-refractivity contribution in [2.75, 3.05) is 0 Å². The van der Waals surface area contributed by atoms with Crippen LogP contribution in [0.5, 0.6) is 5.75 Å². The summed E-state index contributed by atoms with van der Waals surface area (Å²) in [5, 5.41) is 0. The van der Waals surface area contributed by atoms with Crippen molar-refractivity contribution in [3.8, 4) is 5.75 Å². The summed E-state index contributed by atoms with van der Waals surface area (Å²) < 4.78 is 44.8. The van der Waals surface area contributed by atoms with E-state index in [0.717, 1.165) is 6.07 Å². The van der Waals surface area contributed by atoms with Crippen LogP contribution in [0.4, 0.5) is 13.2 Å². The monoisotopic (exact) mass is 450 g/mol. The predicted molar refractivity (Wildman–Crippen MR) is 87.9 cm³/mol. The number of carbonyl (C=O) groups is 1. The largest absolute Gasteiger partial charge is 0.488 e. The Morgan fingerprint density at radius 2 is 1.91 bits per heavy atom. The summed E-state index contributed by atoms with van der Waals surface area (Å²) in [6.07, 6.45) is -4.51. The summed E-state index contributed by atoms with van der Waals surface area (Å²) in [5.74, 6) is -0.271. The van der Waals surface area contributed by atoms with E-state index in [9.17, 15) is 18.0 Å². The van der Waals surface area contributed by atoms with Gasteiger partial charge in [-0.05, 0) is 41.1 Å². The molecule has 0 amide bonds. The quantitative estimate of drug-likeness (QED) is 0.541. The van der Waals surface area contributed by atoms with E-state index in [1.807, 2.05) is 0 Å². The molecule has 23 heavy (non-hydrogen) atoms. The molecule has 0 fully saturated rings. The fourth-order valence-electron chi connectivity index (χ4n) is 2.03. The molecule has 0 atom stereocenters. The number of hydrogen-bond acceptors (Lipinski definition) is 2. The Labute approximate surface area is 147 Å². The lowest BCUT2D eigenvalue weighted by Crippen LogP contribution is -2.10. The Balaban J connectivity index is 2.35. The lowest BCUT2D eigenvalue weighted by Gasteiger charge is -2.16. The fraction of sp³-hybridized carbons (Fsp3) is 0.188. The Bertz CT molecular complexity index is 743. The van der Waals surface area contributed by atoms with Crippen molar-refractivity contribution in [1.29, 1.82) is 0 Å². The lowest BCUT2D eigenvalue weighted by molar-refractivity contribution is -0.139. The van der Waals surface area contributed by atoms with E-state index in [4.69, 9.17) is 4.74 Å². The van der Waals surface area contributed by atoms with E-state index < -0.39 is 11.7 Å². The molecule has 0 saturated carbocycles. The third-order valence-electron chi connectivity index (χ3n) is 3.14. The van der Waals surface area contributed by atoms with Crippen molar-refractivity contribution in [2.45, 2.75) is 19.7 Å². The van der Waals surface area contributed by atoms with Crippen LogP contribution in [0, 0.1) is 6.92 Å². The van der Waals surface area contributed by atoms with Crippen molar-refractivity contribution in [2.24, 2.45) is 0 Å². The average Bonchev–Trinajstić information content (AvgIpc) is 2.45. The van der Waals surface area contributed by atoms with Gasteiger partial charge in [0, 0.05) is 15.6 Å². The second kappa shape index (κ2) is 7.05. The number of aryl methyl sites for hydroxylation is 1. The molecule has 0 aliphatic carbocycles. The summed E-state index contributed by atoms with van der Waals surface area (Å²) in [7, 11) is 0. The van der Waals surface area contributed by atoms with Gasteiger partial charge in [-0.25, -0.2) is 0 Å². The zero-order valence-corrected chi connectivity index (χ0v) is 15.0. The smallest absolute Gasteiger partial charge is 0.419 e. The summed E-state index contributed by atoms with van der Waals surface area (Å²) in [5.41, 5.74) is 0.460. The average molecular weight is 452 g/mol. The third kappa shape index (κ3) is 4.35. The van der Waals surface area contributed by atoms with E-state index >= 15 is 0 Å². The maximum atomic E-state index is 13.1. The molecule has 122 valence electrons. The highest BCUT2D eigenvalue weighted by Crippen LogP contribution is 2.37. The van der Waals surface area contributed by atoms with Crippen LogP contribution in [0.15, 0.2) is 40.9 Å². The van der Waals surface area contributed by atoms with E-state index in [1.165, 1.54) is 6.07 Å². The molecule has 0 bridgehead atoms. The minimum absolute atomic E-state index is 0.166. The van der Waals surface area contributed by atoms with Gasteiger partial charge in [0.25, 0.3) is 0 Å². The SMILES string of the molecule is Cc1ccc(OCc2c(Br)cccc2C(=O)Br)c(C(F)(F)F)c1. The van der Waals surface area contributed by atoms with Crippen molar-refractivity contribution >= 4 is 36.6 Å². The minimum atomic E-state index is -4.51. The Hall–Kier alpha value is -1.34. The highest BCUT2D eigenvalue weighted by molar-refractivity contribution is 9.18. The van der Waals surface area contributed by atoms with Crippen LogP contribution in [-0.2, 0) is 12.8 Å². The maximum absolute atomic E-state index is 13.1. The van der Waals surface area contributed by atoms with E-state index in [1.54, 1.807) is 31.2 Å². The van der Waals surface area contributed by atoms with Crippen LogP contribution in [0.3, 0.4) is 0 Å². The first-order valence-electron chi connectivity index (χ1n) is 6.48. The molecule has 0 aliphatic heterocycles. The molecule has 0 spiro atoms. The maximum Gasteiger partial charge on any atom is 0.419 e. The van der Waals surface area contributed by atoms with E-state index in [-0.39, 0.29) is 17.0 Å². The number of hydrogen-bond donors (Lipinski definition) is 0. The first-order chi connectivity index (χ1) is 10.7. The molecule has 0 heterocycles. The van der Waals surface area contributed by atoms with Crippen molar-refractivity contribution in [3.05, 3.63) is 63.1 Å². The molecule has 2 aromatic rings. The second-order valence-corrected chi connectivity index (χ2v) is 6.40. The number of benzene rings is 2. The summed E-state index contributed by atoms with van der Waals surface area (Å²) in [6, 6.07) is 8.78. The molecule has 0 aromatic heterocycles. The van der Waals surface area contributed by atoms with Gasteiger partial charge in [0.2, 0.25) is 4.69 Å². The van der Waals surface area contributed by atoms with Gasteiger partial charge in [-0.2, -0.15) is 13.2 Å². The molecule has 2 nitrogen and oxygen atoms in total. The molecule has 2 rings (SSSR count). The molecule has 0 radical (unpaired) electrons. The molecule has 0 N–H and O–H groups in total. The highest BCUT2D eigenvalue weighted by Gasteiger charge is 2.34. The van der Waals surface area contributed by atoms with Gasteiger partial charge in [-0.1, -0.05) is 39.7 Å². The number of rotatable bonds is 4. The lowest BCUT2D eigenvalue weighted by atomic mass is 10.1. The van der Waals surface area contributed by atoms with Gasteiger partial charge in [-0.15, -0.1) is 0 Å². The number of ether oxygens (including phenoxy) is 1. The number of alkyl halides is 3. The number of halogens is 5. The first-order valence-corrected chi connectivity index (χ1v) is 8.06. The summed E-state index contributed by atoms with van der Waals surface area (Å²) >= 11 is 6.14. The molecule has 2 aromatic carbocycles. The van der Waals surface area contributed by atoms with Crippen molar-refractivity contribution < 1.29 is 22.7 Å². The van der Waals surface area contributed by atoms with Crippen molar-refractivity contribution in [3.63, 3.8) is 0 Å². The van der Waals surface area contributed by atoms with Gasteiger partial charge >= 0.3 is 6.18 Å². The molecule has 7 heteroatoms. The van der Waals surface area contributed by atoms with Crippen LogP contribution in [0.2, 0.25) is 0 Å². The van der Waals surface area contributed by atoms with Crippen LogP contribution < -0.4 is 4.74 Å². The Kier molecular flexibility index (Phi) is 5.52. The number of carbonyl (C=O) groups excluding carboxylic acids is 1. The molecular weight excluding hydrogens is 441 g/mol. The normalized spacial score (nSPS) is 11.4. The van der Waals surface area contributed by atoms with E-state index in [2.05, 4.69) is 31.9 Å². The highest BCUT2D eigenvalue weighted by atomic mass is 79.9.